The zero-order valence-electron chi connectivity index (χ0n) is 26.3. The first-order valence-corrected chi connectivity index (χ1v) is 15.0. The van der Waals surface area contributed by atoms with Gasteiger partial charge in [-0.15, -0.1) is 0 Å². The van der Waals surface area contributed by atoms with Crippen LogP contribution in [0.25, 0.3) is 0 Å². The summed E-state index contributed by atoms with van der Waals surface area (Å²) < 4.78 is 18.7. The fourth-order valence-corrected chi connectivity index (χ4v) is 4.64. The number of methoxy groups -OCH3 is 1. The maximum absolute atomic E-state index is 13.6. The van der Waals surface area contributed by atoms with Crippen LogP contribution in [-0.2, 0) is 16.0 Å². The molecule has 1 atom stereocenters. The molecule has 0 N–H and O–H groups in total. The van der Waals surface area contributed by atoms with Gasteiger partial charge in [-0.1, -0.05) is 76.6 Å². The van der Waals surface area contributed by atoms with Gasteiger partial charge in [-0.3, -0.25) is 4.90 Å². The van der Waals surface area contributed by atoms with Gasteiger partial charge in [0.25, 0.3) is 0 Å². The molecule has 1 rings (SSSR count). The summed E-state index contributed by atoms with van der Waals surface area (Å²) in [5, 5.41) is 0. The molecule has 0 aliphatic rings. The van der Waals surface area contributed by atoms with E-state index in [1.54, 1.807) is 6.08 Å². The molecule has 0 aromatic heterocycles. The summed E-state index contributed by atoms with van der Waals surface area (Å²) in [5.74, 6) is 0.110. The third kappa shape index (κ3) is 12.1. The molecule has 1 unspecified atom stereocenters. The Balaban J connectivity index is 3.55. The number of allylic oxidation sites excluding steroid dienone is 5. The lowest BCUT2D eigenvalue weighted by Crippen LogP contribution is -2.36. The van der Waals surface area contributed by atoms with E-state index in [-0.39, 0.29) is 11.8 Å². The van der Waals surface area contributed by atoms with Crippen LogP contribution in [0.2, 0.25) is 0 Å². The smallest absolute Gasteiger partial charge is 0.337 e. The van der Waals surface area contributed by atoms with Crippen molar-refractivity contribution in [2.75, 3.05) is 33.3 Å². The topological polar surface area (TPSA) is 32.8 Å². The van der Waals surface area contributed by atoms with Gasteiger partial charge in [0.05, 0.1) is 12.7 Å². The highest BCUT2D eigenvalue weighted by Gasteiger charge is 2.20. The average molecular weight is 553 g/mol. The van der Waals surface area contributed by atoms with Gasteiger partial charge in [0.15, 0.2) is 0 Å². The van der Waals surface area contributed by atoms with E-state index in [2.05, 4.69) is 62.6 Å². The largest absolute Gasteiger partial charge is 0.465 e. The van der Waals surface area contributed by atoms with Crippen molar-refractivity contribution >= 4 is 5.97 Å². The molecule has 0 aliphatic carbocycles. The highest BCUT2D eigenvalue weighted by molar-refractivity contribution is 5.92. The molecule has 1 aromatic rings. The lowest BCUT2D eigenvalue weighted by molar-refractivity contribution is -0.135. The number of hydrogen-bond acceptors (Lipinski definition) is 4. The number of hydrogen-bond donors (Lipinski definition) is 0. The first kappa shape index (κ1) is 35.1. The molecule has 4 nitrogen and oxygen atoms in total. The van der Waals surface area contributed by atoms with Crippen molar-refractivity contribution < 1.29 is 13.9 Å². The summed E-state index contributed by atoms with van der Waals surface area (Å²) >= 11 is 0. The number of nitrogens with zero attached hydrogens (tertiary/aromatic N) is 2. The fraction of sp³-hybridized carbons (Fsp3) is 0.514. The minimum absolute atomic E-state index is 0.224. The van der Waals surface area contributed by atoms with Gasteiger partial charge in [-0.2, -0.15) is 0 Å². The summed E-state index contributed by atoms with van der Waals surface area (Å²) in [6.07, 6.45) is 17.1. The predicted octanol–water partition coefficient (Wildman–Crippen LogP) is 8.64. The van der Waals surface area contributed by atoms with Crippen LogP contribution in [0, 0.1) is 11.7 Å². The van der Waals surface area contributed by atoms with Crippen LogP contribution in [0.4, 0.5) is 4.39 Å². The van der Waals surface area contributed by atoms with E-state index in [0.29, 0.717) is 11.5 Å². The van der Waals surface area contributed by atoms with Crippen LogP contribution in [0.5, 0.6) is 0 Å². The monoisotopic (exact) mass is 552 g/mol. The molecule has 0 bridgehead atoms. The van der Waals surface area contributed by atoms with E-state index in [9.17, 15) is 9.18 Å². The molecule has 222 valence electrons. The minimum atomic E-state index is -0.362. The van der Waals surface area contributed by atoms with Gasteiger partial charge in [0.2, 0.25) is 0 Å². The number of carbonyl (C=O) groups is 1. The van der Waals surface area contributed by atoms with Crippen molar-refractivity contribution in [2.45, 2.75) is 80.6 Å². The SMILES string of the molecule is C\C=C/C(=C\C(=C\CC)C(=C/C)\N(CCc1ccc(F)cc1)/C(=C\C)CN(CCC)CCC(C)CC)C(=O)OC. The molecule has 0 aliphatic heterocycles. The average Bonchev–Trinajstić information content (AvgIpc) is 2.96. The summed E-state index contributed by atoms with van der Waals surface area (Å²) in [6, 6.07) is 6.76. The Morgan fingerprint density at radius 2 is 1.70 bits per heavy atom. The Kier molecular flexibility index (Phi) is 17.6. The third-order valence-corrected chi connectivity index (χ3v) is 7.14. The molecular weight excluding hydrogens is 499 g/mol. The van der Waals surface area contributed by atoms with E-state index in [1.165, 1.54) is 37.8 Å². The number of ether oxygens (including phenoxy) is 1. The minimum Gasteiger partial charge on any atom is -0.465 e. The van der Waals surface area contributed by atoms with Gasteiger partial charge >= 0.3 is 5.97 Å². The van der Waals surface area contributed by atoms with Gasteiger partial charge in [-0.25, -0.2) is 9.18 Å². The Morgan fingerprint density at radius 3 is 2.23 bits per heavy atom. The number of carbonyl (C=O) groups excluding carboxylic acids is 1. The van der Waals surface area contributed by atoms with Crippen molar-refractivity contribution in [3.05, 3.63) is 94.6 Å². The quantitative estimate of drug-likeness (QED) is 0.104. The van der Waals surface area contributed by atoms with Crippen LogP contribution >= 0.6 is 0 Å². The van der Waals surface area contributed by atoms with Crippen LogP contribution in [-0.4, -0.2) is 49.1 Å². The predicted molar refractivity (Wildman–Crippen MR) is 168 cm³/mol. The van der Waals surface area contributed by atoms with E-state index >= 15 is 0 Å². The molecule has 0 amide bonds. The van der Waals surface area contributed by atoms with Crippen molar-refractivity contribution in [1.29, 1.82) is 0 Å². The van der Waals surface area contributed by atoms with E-state index in [1.807, 2.05) is 38.1 Å². The van der Waals surface area contributed by atoms with Crippen molar-refractivity contribution in [1.82, 2.24) is 9.80 Å². The molecule has 0 saturated heterocycles. The zero-order chi connectivity index (χ0) is 29.9. The molecule has 0 heterocycles. The lowest BCUT2D eigenvalue weighted by atomic mass is 10.0. The molecule has 1 aromatic carbocycles. The van der Waals surface area contributed by atoms with Crippen LogP contribution in [0.1, 0.15) is 79.7 Å². The van der Waals surface area contributed by atoms with Crippen molar-refractivity contribution in [3.8, 4) is 0 Å². The second kappa shape index (κ2) is 20.0. The van der Waals surface area contributed by atoms with E-state index < -0.39 is 0 Å². The molecule has 0 fully saturated rings. The first-order valence-electron chi connectivity index (χ1n) is 15.0. The Morgan fingerprint density at radius 1 is 1.00 bits per heavy atom. The van der Waals surface area contributed by atoms with Crippen molar-refractivity contribution in [3.63, 3.8) is 0 Å². The molecule has 0 radical (unpaired) electrons. The standard InChI is InChI=1S/C35H53FN2O2/c1-9-15-30(26-31(16-10-2)35(39)40-8)34(14-6)38(25-22-29-17-19-32(36)20-18-29)33(13-5)27-37(23-11-3)24-21-28(7)12-4/h10,13-20,26,28H,9,11-12,21-25,27H2,1-8H3/b16-10-,30-15-,31-26+,33-13-,34-14+. The summed E-state index contributed by atoms with van der Waals surface area (Å²) in [5.41, 5.74) is 4.82. The fourth-order valence-electron chi connectivity index (χ4n) is 4.64. The maximum Gasteiger partial charge on any atom is 0.337 e. The Labute approximate surface area is 244 Å². The van der Waals surface area contributed by atoms with Gasteiger partial charge < -0.3 is 9.64 Å². The summed E-state index contributed by atoms with van der Waals surface area (Å²) in [4.78, 5) is 17.5. The van der Waals surface area contributed by atoms with E-state index in [4.69, 9.17) is 4.74 Å². The van der Waals surface area contributed by atoms with Crippen LogP contribution in [0.15, 0.2) is 83.3 Å². The number of esters is 1. The molecule has 40 heavy (non-hydrogen) atoms. The van der Waals surface area contributed by atoms with Gasteiger partial charge in [-0.05, 0) is 94.8 Å². The number of rotatable bonds is 18. The zero-order valence-corrected chi connectivity index (χ0v) is 26.3. The van der Waals surface area contributed by atoms with Gasteiger partial charge in [0, 0.05) is 24.5 Å². The van der Waals surface area contributed by atoms with Crippen LogP contribution < -0.4 is 0 Å². The number of halogens is 1. The summed E-state index contributed by atoms with van der Waals surface area (Å²) in [6.45, 7) is 18.6. The number of benzene rings is 1. The maximum atomic E-state index is 13.6. The summed E-state index contributed by atoms with van der Waals surface area (Å²) in [7, 11) is 1.41. The lowest BCUT2D eigenvalue weighted by Gasteiger charge is -2.34. The van der Waals surface area contributed by atoms with E-state index in [0.717, 1.165) is 62.3 Å². The highest BCUT2D eigenvalue weighted by atomic mass is 19.1. The molecule has 0 spiro atoms. The highest BCUT2D eigenvalue weighted by Crippen LogP contribution is 2.26. The molecule has 5 heteroatoms. The first-order chi connectivity index (χ1) is 19.3. The molecule has 0 saturated carbocycles. The second-order valence-electron chi connectivity index (χ2n) is 10.2. The normalized spacial score (nSPS) is 14.2. The van der Waals surface area contributed by atoms with Gasteiger partial charge in [0.1, 0.15) is 5.82 Å². The van der Waals surface area contributed by atoms with Crippen molar-refractivity contribution in [2.24, 2.45) is 5.92 Å². The molecular formula is C35H53FN2O2. The Bertz CT molecular complexity index is 1030. The van der Waals surface area contributed by atoms with Crippen LogP contribution in [0.3, 0.4) is 0 Å². The Hall–Kier alpha value is -2.92. The third-order valence-electron chi connectivity index (χ3n) is 7.14. The second-order valence-corrected chi connectivity index (χ2v) is 10.2.